The van der Waals surface area contributed by atoms with Crippen LogP contribution in [0.25, 0.3) is 0 Å². The monoisotopic (exact) mass is 303 g/mol. The molecule has 0 spiro atoms. The number of aromatic nitrogens is 1. The molecule has 1 saturated heterocycles. The van der Waals surface area contributed by atoms with Crippen LogP contribution in [0.1, 0.15) is 35.2 Å². The number of aryl methyl sites for hydroxylation is 1. The minimum Gasteiger partial charge on any atom is -0.396 e. The highest BCUT2D eigenvalue weighted by molar-refractivity contribution is 5.95. The summed E-state index contributed by atoms with van der Waals surface area (Å²) in [5.74, 6) is 0.930. The first-order chi connectivity index (χ1) is 10.7. The van der Waals surface area contributed by atoms with Gasteiger partial charge in [-0.15, -0.1) is 0 Å². The normalized spacial score (nSPS) is 22.8. The fraction of sp³-hybridized carbons (Fsp3) is 0.647. The topological polar surface area (TPSA) is 56.7 Å². The Labute approximate surface area is 131 Å². The van der Waals surface area contributed by atoms with Gasteiger partial charge in [-0.25, -0.2) is 0 Å². The van der Waals surface area contributed by atoms with Gasteiger partial charge in [0.15, 0.2) is 0 Å². The quantitative estimate of drug-likeness (QED) is 0.891. The number of hydrogen-bond acceptors (Lipinski definition) is 4. The minimum atomic E-state index is 0.0916. The summed E-state index contributed by atoms with van der Waals surface area (Å²) in [7, 11) is 0. The molecule has 1 aromatic heterocycles. The van der Waals surface area contributed by atoms with Gasteiger partial charge in [-0.3, -0.25) is 14.7 Å². The standard InChI is InChI=1S/C17H25N3O2/c1-13-10-18-6-4-16(13)17(22)20-8-7-19(11-14-2-3-14)15(12-20)5-9-21/h4,6,10,14-15,21H,2-3,5,7-9,11-12H2,1H3/t15-/m1/s1. The van der Waals surface area contributed by atoms with Gasteiger partial charge in [-0.2, -0.15) is 0 Å². The molecule has 2 fully saturated rings. The summed E-state index contributed by atoms with van der Waals surface area (Å²) in [6.07, 6.45) is 6.82. The third-order valence-electron chi connectivity index (χ3n) is 4.79. The van der Waals surface area contributed by atoms with E-state index in [0.717, 1.165) is 43.1 Å². The molecule has 5 nitrogen and oxygen atoms in total. The third-order valence-corrected chi connectivity index (χ3v) is 4.79. The first-order valence-electron chi connectivity index (χ1n) is 8.24. The Kier molecular flexibility index (Phi) is 4.74. The van der Waals surface area contributed by atoms with Crippen LogP contribution in [-0.4, -0.2) is 64.6 Å². The number of rotatable bonds is 5. The molecule has 5 heteroatoms. The number of aliphatic hydroxyl groups excluding tert-OH is 1. The van der Waals surface area contributed by atoms with E-state index >= 15 is 0 Å². The molecule has 1 aromatic rings. The lowest BCUT2D eigenvalue weighted by molar-refractivity contribution is 0.0406. The number of pyridine rings is 1. The van der Waals surface area contributed by atoms with Crippen molar-refractivity contribution in [2.45, 2.75) is 32.2 Å². The van der Waals surface area contributed by atoms with E-state index in [-0.39, 0.29) is 18.6 Å². The SMILES string of the molecule is Cc1cnccc1C(=O)N1CCN(CC2CC2)[C@H](CCO)C1. The average Bonchev–Trinajstić information content (AvgIpc) is 3.33. The molecule has 22 heavy (non-hydrogen) atoms. The Morgan fingerprint density at radius 3 is 2.91 bits per heavy atom. The molecule has 1 aliphatic carbocycles. The highest BCUT2D eigenvalue weighted by atomic mass is 16.3. The minimum absolute atomic E-state index is 0.0916. The summed E-state index contributed by atoms with van der Waals surface area (Å²) in [6.45, 7) is 5.64. The Morgan fingerprint density at radius 2 is 2.23 bits per heavy atom. The van der Waals surface area contributed by atoms with Gasteiger partial charge in [0.05, 0.1) is 0 Å². The lowest BCUT2D eigenvalue weighted by Crippen LogP contribution is -2.55. The summed E-state index contributed by atoms with van der Waals surface area (Å²) in [5.41, 5.74) is 1.67. The number of nitrogens with zero attached hydrogens (tertiary/aromatic N) is 3. The van der Waals surface area contributed by atoms with Crippen molar-refractivity contribution in [1.82, 2.24) is 14.8 Å². The molecule has 0 aromatic carbocycles. The van der Waals surface area contributed by atoms with Crippen LogP contribution in [-0.2, 0) is 0 Å². The number of amides is 1. The number of piperazine rings is 1. The Bertz CT molecular complexity index is 530. The Balaban J connectivity index is 1.67. The van der Waals surface area contributed by atoms with Gasteiger partial charge in [-0.05, 0) is 43.7 Å². The van der Waals surface area contributed by atoms with Crippen molar-refractivity contribution in [3.8, 4) is 0 Å². The fourth-order valence-electron chi connectivity index (χ4n) is 3.26. The van der Waals surface area contributed by atoms with E-state index in [1.165, 1.54) is 12.8 Å². The largest absolute Gasteiger partial charge is 0.396 e. The van der Waals surface area contributed by atoms with E-state index in [2.05, 4.69) is 9.88 Å². The molecular formula is C17H25N3O2. The van der Waals surface area contributed by atoms with Crippen molar-refractivity contribution in [2.24, 2.45) is 5.92 Å². The van der Waals surface area contributed by atoms with E-state index in [4.69, 9.17) is 0 Å². The maximum Gasteiger partial charge on any atom is 0.254 e. The van der Waals surface area contributed by atoms with Crippen LogP contribution in [0.2, 0.25) is 0 Å². The molecule has 1 N–H and O–H groups in total. The zero-order valence-corrected chi connectivity index (χ0v) is 13.2. The second-order valence-corrected chi connectivity index (χ2v) is 6.55. The van der Waals surface area contributed by atoms with Crippen molar-refractivity contribution >= 4 is 5.91 Å². The summed E-state index contributed by atoms with van der Waals surface area (Å²) >= 11 is 0. The van der Waals surface area contributed by atoms with Gasteiger partial charge >= 0.3 is 0 Å². The van der Waals surface area contributed by atoms with Crippen LogP contribution in [0.3, 0.4) is 0 Å². The predicted octanol–water partition coefficient (Wildman–Crippen LogP) is 1.31. The molecule has 1 aliphatic heterocycles. The summed E-state index contributed by atoms with van der Waals surface area (Å²) < 4.78 is 0. The van der Waals surface area contributed by atoms with Gasteiger partial charge in [0.25, 0.3) is 5.91 Å². The molecule has 2 heterocycles. The Morgan fingerprint density at radius 1 is 1.41 bits per heavy atom. The van der Waals surface area contributed by atoms with E-state index in [1.807, 2.05) is 11.8 Å². The lowest BCUT2D eigenvalue weighted by atomic mass is 10.1. The van der Waals surface area contributed by atoms with Gasteiger partial charge in [0, 0.05) is 56.8 Å². The molecular weight excluding hydrogens is 278 g/mol. The van der Waals surface area contributed by atoms with Gasteiger partial charge in [-0.1, -0.05) is 0 Å². The van der Waals surface area contributed by atoms with Crippen LogP contribution in [0, 0.1) is 12.8 Å². The molecule has 2 aliphatic rings. The molecule has 1 amide bonds. The molecule has 0 bridgehead atoms. The van der Waals surface area contributed by atoms with E-state index < -0.39 is 0 Å². The van der Waals surface area contributed by atoms with Gasteiger partial charge in [0.1, 0.15) is 0 Å². The lowest BCUT2D eigenvalue weighted by Gasteiger charge is -2.41. The maximum absolute atomic E-state index is 12.7. The van der Waals surface area contributed by atoms with E-state index in [9.17, 15) is 9.90 Å². The highest BCUT2D eigenvalue weighted by Gasteiger charge is 2.33. The molecule has 3 rings (SSSR count). The maximum atomic E-state index is 12.7. The predicted molar refractivity (Wildman–Crippen MR) is 84.7 cm³/mol. The average molecular weight is 303 g/mol. The van der Waals surface area contributed by atoms with Crippen molar-refractivity contribution in [2.75, 3.05) is 32.8 Å². The number of aliphatic hydroxyl groups is 1. The fourth-order valence-corrected chi connectivity index (χ4v) is 3.26. The second kappa shape index (κ2) is 6.75. The molecule has 1 atom stereocenters. The molecule has 0 unspecified atom stereocenters. The zero-order valence-electron chi connectivity index (χ0n) is 13.2. The van der Waals surface area contributed by atoms with Crippen LogP contribution < -0.4 is 0 Å². The van der Waals surface area contributed by atoms with Crippen LogP contribution in [0.15, 0.2) is 18.5 Å². The highest BCUT2D eigenvalue weighted by Crippen LogP contribution is 2.31. The molecule has 1 saturated carbocycles. The first-order valence-corrected chi connectivity index (χ1v) is 8.24. The molecule has 0 radical (unpaired) electrons. The summed E-state index contributed by atoms with van der Waals surface area (Å²) in [5, 5.41) is 9.33. The number of carbonyl (C=O) groups excluding carboxylic acids is 1. The third kappa shape index (κ3) is 3.47. The second-order valence-electron chi connectivity index (χ2n) is 6.55. The van der Waals surface area contributed by atoms with E-state index in [1.54, 1.807) is 18.5 Å². The van der Waals surface area contributed by atoms with Crippen molar-refractivity contribution < 1.29 is 9.90 Å². The van der Waals surface area contributed by atoms with Gasteiger partial charge < -0.3 is 10.0 Å². The van der Waals surface area contributed by atoms with Crippen LogP contribution >= 0.6 is 0 Å². The van der Waals surface area contributed by atoms with Crippen molar-refractivity contribution in [3.63, 3.8) is 0 Å². The van der Waals surface area contributed by atoms with Crippen LogP contribution in [0.4, 0.5) is 0 Å². The first kappa shape index (κ1) is 15.4. The number of hydrogen-bond donors (Lipinski definition) is 1. The summed E-state index contributed by atoms with van der Waals surface area (Å²) in [6, 6.07) is 2.08. The number of carbonyl (C=O) groups is 1. The van der Waals surface area contributed by atoms with Gasteiger partial charge in [0.2, 0.25) is 0 Å². The van der Waals surface area contributed by atoms with Crippen molar-refractivity contribution in [1.29, 1.82) is 0 Å². The van der Waals surface area contributed by atoms with Crippen molar-refractivity contribution in [3.05, 3.63) is 29.6 Å². The Hall–Kier alpha value is -1.46. The molecule has 120 valence electrons. The smallest absolute Gasteiger partial charge is 0.254 e. The zero-order chi connectivity index (χ0) is 15.5. The summed E-state index contributed by atoms with van der Waals surface area (Å²) in [4.78, 5) is 21.2. The van der Waals surface area contributed by atoms with E-state index in [0.29, 0.717) is 6.54 Å². The van der Waals surface area contributed by atoms with Crippen LogP contribution in [0.5, 0.6) is 0 Å².